The number of hydrogen-bond acceptors (Lipinski definition) is 3. The topological polar surface area (TPSA) is 38.8 Å². The molecular weight excluding hydrogens is 194 g/mol. The quantitative estimate of drug-likeness (QED) is 0.575. The number of carbonyl (C=O) groups excluding carboxylic acids is 1. The zero-order valence-corrected chi connectivity index (χ0v) is 10.3. The van der Waals surface area contributed by atoms with Crippen LogP contribution in [0.2, 0.25) is 0 Å². The van der Waals surface area contributed by atoms with E-state index in [0.717, 1.165) is 6.42 Å². The molecule has 0 atom stereocenters. The zero-order valence-electron chi connectivity index (χ0n) is 10.3. The molecule has 0 N–H and O–H groups in total. The molecule has 0 aromatic heterocycles. The number of hydrogen-bond donors (Lipinski definition) is 0. The first-order valence-corrected chi connectivity index (χ1v) is 5.42. The van der Waals surface area contributed by atoms with Gasteiger partial charge in [0.15, 0.2) is 0 Å². The minimum Gasteiger partial charge on any atom is -0.385 e. The number of carbonyl (C=O) groups is 1. The molecule has 0 aromatic carbocycles. The predicted molar refractivity (Wildman–Crippen MR) is 59.8 cm³/mol. The van der Waals surface area contributed by atoms with Crippen molar-refractivity contribution >= 4 is 5.91 Å². The van der Waals surface area contributed by atoms with Gasteiger partial charge >= 0.3 is 0 Å². The van der Waals surface area contributed by atoms with Crippen LogP contribution in [0.15, 0.2) is 0 Å². The first-order valence-electron chi connectivity index (χ1n) is 5.42. The van der Waals surface area contributed by atoms with Crippen molar-refractivity contribution in [2.24, 2.45) is 0 Å². The number of likely N-dealkylation sites (N-methyl/N-ethyl adjacent to an activating group) is 1. The summed E-state index contributed by atoms with van der Waals surface area (Å²) < 4.78 is 10.3. The van der Waals surface area contributed by atoms with Crippen LogP contribution in [0.3, 0.4) is 0 Å². The zero-order chi connectivity index (χ0) is 11.7. The van der Waals surface area contributed by atoms with E-state index < -0.39 is 0 Å². The van der Waals surface area contributed by atoms with E-state index in [1.54, 1.807) is 19.1 Å². The lowest BCUT2D eigenvalue weighted by atomic mass is 10.3. The summed E-state index contributed by atoms with van der Waals surface area (Å²) in [5.74, 6) is 0.152. The fourth-order valence-electron chi connectivity index (χ4n) is 1.11. The van der Waals surface area contributed by atoms with E-state index in [4.69, 9.17) is 9.47 Å². The highest BCUT2D eigenvalue weighted by Crippen LogP contribution is 1.96. The molecule has 1 amide bonds. The Kier molecular flexibility index (Phi) is 8.33. The Morgan fingerprint density at radius 1 is 1.33 bits per heavy atom. The monoisotopic (exact) mass is 217 g/mol. The van der Waals surface area contributed by atoms with Crippen molar-refractivity contribution in [1.29, 1.82) is 0 Å². The van der Waals surface area contributed by atoms with E-state index in [9.17, 15) is 4.79 Å². The van der Waals surface area contributed by atoms with Gasteiger partial charge in [0.1, 0.15) is 0 Å². The van der Waals surface area contributed by atoms with Gasteiger partial charge in [-0.15, -0.1) is 0 Å². The fourth-order valence-corrected chi connectivity index (χ4v) is 1.11. The normalized spacial score (nSPS) is 10.7. The number of amides is 1. The smallest absolute Gasteiger partial charge is 0.222 e. The molecule has 0 saturated carbocycles. The highest BCUT2D eigenvalue weighted by Gasteiger charge is 2.07. The van der Waals surface area contributed by atoms with Crippen LogP contribution in [-0.2, 0) is 14.3 Å². The van der Waals surface area contributed by atoms with Gasteiger partial charge in [-0.05, 0) is 20.3 Å². The van der Waals surface area contributed by atoms with Gasteiger partial charge in [-0.2, -0.15) is 0 Å². The van der Waals surface area contributed by atoms with Gasteiger partial charge in [-0.3, -0.25) is 4.79 Å². The molecule has 4 nitrogen and oxygen atoms in total. The second-order valence-electron chi connectivity index (χ2n) is 3.83. The van der Waals surface area contributed by atoms with Gasteiger partial charge in [0.2, 0.25) is 5.91 Å². The standard InChI is InChI=1S/C11H23NO3/c1-10(2)15-9-7-12(3)11(13)6-5-8-14-4/h10H,5-9H2,1-4H3. The maximum absolute atomic E-state index is 11.5. The van der Waals surface area contributed by atoms with Crippen molar-refractivity contribution in [2.75, 3.05) is 33.9 Å². The van der Waals surface area contributed by atoms with E-state index >= 15 is 0 Å². The van der Waals surface area contributed by atoms with Crippen LogP contribution in [0.25, 0.3) is 0 Å². The van der Waals surface area contributed by atoms with Crippen LogP contribution in [0, 0.1) is 0 Å². The van der Waals surface area contributed by atoms with Crippen molar-refractivity contribution in [2.45, 2.75) is 32.8 Å². The van der Waals surface area contributed by atoms with Crippen LogP contribution in [0.1, 0.15) is 26.7 Å². The summed E-state index contributed by atoms with van der Waals surface area (Å²) in [4.78, 5) is 13.2. The number of rotatable bonds is 8. The summed E-state index contributed by atoms with van der Waals surface area (Å²) in [5, 5.41) is 0. The third-order valence-corrected chi connectivity index (χ3v) is 2.04. The SMILES string of the molecule is COCCCC(=O)N(C)CCOC(C)C. The Balaban J connectivity index is 3.51. The van der Waals surface area contributed by atoms with E-state index in [0.29, 0.717) is 26.2 Å². The minimum absolute atomic E-state index is 0.152. The van der Waals surface area contributed by atoms with Crippen LogP contribution >= 0.6 is 0 Å². The second-order valence-corrected chi connectivity index (χ2v) is 3.83. The molecule has 0 saturated heterocycles. The Hall–Kier alpha value is -0.610. The molecule has 0 aromatic rings. The molecule has 0 radical (unpaired) electrons. The summed E-state index contributed by atoms with van der Waals surface area (Å²) >= 11 is 0. The molecular formula is C11H23NO3. The highest BCUT2D eigenvalue weighted by molar-refractivity contribution is 5.75. The van der Waals surface area contributed by atoms with Crippen LogP contribution in [-0.4, -0.2) is 50.8 Å². The average molecular weight is 217 g/mol. The first-order chi connectivity index (χ1) is 7.07. The van der Waals surface area contributed by atoms with Crippen molar-refractivity contribution in [3.63, 3.8) is 0 Å². The lowest BCUT2D eigenvalue weighted by molar-refractivity contribution is -0.131. The molecule has 0 bridgehead atoms. The molecule has 15 heavy (non-hydrogen) atoms. The van der Waals surface area contributed by atoms with E-state index in [2.05, 4.69) is 0 Å². The molecule has 90 valence electrons. The summed E-state index contributed by atoms with van der Waals surface area (Å²) in [6, 6.07) is 0. The van der Waals surface area contributed by atoms with E-state index in [1.165, 1.54) is 0 Å². The third-order valence-electron chi connectivity index (χ3n) is 2.04. The first kappa shape index (κ1) is 14.4. The van der Waals surface area contributed by atoms with Gasteiger partial charge in [0, 0.05) is 33.7 Å². The van der Waals surface area contributed by atoms with Gasteiger partial charge in [0.25, 0.3) is 0 Å². The Morgan fingerprint density at radius 2 is 2.00 bits per heavy atom. The maximum Gasteiger partial charge on any atom is 0.222 e. The van der Waals surface area contributed by atoms with E-state index in [-0.39, 0.29) is 12.0 Å². The second kappa shape index (κ2) is 8.68. The summed E-state index contributed by atoms with van der Waals surface area (Å²) in [5.41, 5.74) is 0. The third kappa shape index (κ3) is 8.39. The summed E-state index contributed by atoms with van der Waals surface area (Å²) in [6.07, 6.45) is 1.55. The molecule has 0 aliphatic heterocycles. The Labute approximate surface area is 92.5 Å². The molecule has 0 rings (SSSR count). The van der Waals surface area contributed by atoms with Crippen LogP contribution in [0.5, 0.6) is 0 Å². The average Bonchev–Trinajstić information content (AvgIpc) is 2.17. The van der Waals surface area contributed by atoms with Crippen LogP contribution in [0.4, 0.5) is 0 Å². The lowest BCUT2D eigenvalue weighted by Crippen LogP contribution is -2.30. The Morgan fingerprint density at radius 3 is 2.53 bits per heavy atom. The van der Waals surface area contributed by atoms with Crippen molar-refractivity contribution in [3.05, 3.63) is 0 Å². The molecule has 0 unspecified atom stereocenters. The molecule has 0 aliphatic carbocycles. The molecule has 0 spiro atoms. The Bertz CT molecular complexity index is 171. The highest BCUT2D eigenvalue weighted by atomic mass is 16.5. The van der Waals surface area contributed by atoms with Gasteiger partial charge in [-0.1, -0.05) is 0 Å². The predicted octanol–water partition coefficient (Wildman–Crippen LogP) is 1.30. The van der Waals surface area contributed by atoms with Gasteiger partial charge in [0.05, 0.1) is 12.7 Å². The van der Waals surface area contributed by atoms with Crippen LogP contribution < -0.4 is 0 Å². The van der Waals surface area contributed by atoms with Gasteiger partial charge in [-0.25, -0.2) is 0 Å². The maximum atomic E-state index is 11.5. The molecule has 4 heteroatoms. The number of ether oxygens (including phenoxy) is 2. The minimum atomic E-state index is 0.152. The number of nitrogens with zero attached hydrogens (tertiary/aromatic N) is 1. The largest absolute Gasteiger partial charge is 0.385 e. The lowest BCUT2D eigenvalue weighted by Gasteiger charge is -2.17. The molecule has 0 heterocycles. The van der Waals surface area contributed by atoms with Crippen molar-refractivity contribution in [1.82, 2.24) is 4.90 Å². The molecule has 0 fully saturated rings. The summed E-state index contributed by atoms with van der Waals surface area (Å²) in [7, 11) is 3.45. The van der Waals surface area contributed by atoms with Crippen molar-refractivity contribution < 1.29 is 14.3 Å². The van der Waals surface area contributed by atoms with E-state index in [1.807, 2.05) is 13.8 Å². The summed E-state index contributed by atoms with van der Waals surface area (Å²) in [6.45, 7) is 5.87. The van der Waals surface area contributed by atoms with Gasteiger partial charge < -0.3 is 14.4 Å². The molecule has 0 aliphatic rings. The fraction of sp³-hybridized carbons (Fsp3) is 0.909. The number of methoxy groups -OCH3 is 1. The van der Waals surface area contributed by atoms with Crippen molar-refractivity contribution in [3.8, 4) is 0 Å².